The monoisotopic (exact) mass is 303 g/mol. The zero-order chi connectivity index (χ0) is 5.82. The van der Waals surface area contributed by atoms with Crippen LogP contribution in [-0.4, -0.2) is 4.98 Å². The maximum absolute atomic E-state index is 8.25. The van der Waals surface area contributed by atoms with E-state index in [1.165, 1.54) is 6.20 Å². The minimum atomic E-state index is 0. The van der Waals surface area contributed by atoms with E-state index in [0.717, 1.165) is 0 Å². The molecule has 52 valence electrons. The average molecular weight is 303 g/mol. The first-order valence-electron chi connectivity index (χ1n) is 2.23. The van der Waals surface area contributed by atoms with Crippen LogP contribution < -0.4 is 0 Å². The third kappa shape index (κ3) is 3.37. The van der Waals surface area contributed by atoms with Gasteiger partial charge in [0.1, 0.15) is 6.07 Å². The molecule has 0 spiro atoms. The van der Waals surface area contributed by atoms with E-state index in [1.807, 2.05) is 6.07 Å². The first kappa shape index (κ1) is 12.0. The molecule has 10 heavy (non-hydrogen) atoms. The van der Waals surface area contributed by atoms with Crippen LogP contribution in [0.25, 0.3) is 0 Å². The number of aromatic nitrogens is 1. The Hall–Kier alpha value is -0.672. The second-order valence-electron chi connectivity index (χ2n) is 1.35. The van der Waals surface area contributed by atoms with Crippen molar-refractivity contribution in [3.8, 4) is 6.07 Å². The van der Waals surface area contributed by atoms with Gasteiger partial charge in [-0.15, -0.1) is 0 Å². The molecule has 0 amide bonds. The van der Waals surface area contributed by atoms with Crippen molar-refractivity contribution in [2.24, 2.45) is 0 Å². The summed E-state index contributed by atoms with van der Waals surface area (Å²) in [5, 5.41) is 8.25. The van der Waals surface area contributed by atoms with Gasteiger partial charge >= 0.3 is 0 Å². The van der Waals surface area contributed by atoms with Gasteiger partial charge in [-0.2, -0.15) is 5.26 Å². The molecule has 0 saturated carbocycles. The van der Waals surface area contributed by atoms with E-state index < -0.39 is 0 Å². The zero-order valence-electron chi connectivity index (χ0n) is 5.61. The van der Waals surface area contributed by atoms with Crippen LogP contribution in [0.4, 0.5) is 0 Å². The second-order valence-corrected chi connectivity index (χ2v) is 1.35. The summed E-state index contributed by atoms with van der Waals surface area (Å²) >= 11 is 0. The van der Waals surface area contributed by atoms with Crippen molar-refractivity contribution in [3.63, 3.8) is 0 Å². The molecule has 0 saturated heterocycles. The molecule has 0 N–H and O–H groups in total. The molecule has 1 aromatic heterocycles. The first-order chi connectivity index (χ1) is 3.93. The fourth-order valence-corrected chi connectivity index (χ4v) is 0.429. The van der Waals surface area contributed by atoms with Gasteiger partial charge in [0.2, 0.25) is 0 Å². The third-order valence-electron chi connectivity index (χ3n) is 0.791. The quantitative estimate of drug-likeness (QED) is 0.679. The Bertz CT molecular complexity index is 203. The van der Waals surface area contributed by atoms with Crippen molar-refractivity contribution in [2.75, 3.05) is 0 Å². The summed E-state index contributed by atoms with van der Waals surface area (Å²) in [6.07, 6.45) is 3.17. The van der Waals surface area contributed by atoms with E-state index >= 15 is 0 Å². The van der Waals surface area contributed by atoms with Gasteiger partial charge in [-0.25, -0.2) is 0 Å². The first-order valence-corrected chi connectivity index (χ1v) is 2.23. The van der Waals surface area contributed by atoms with E-state index in [2.05, 4.69) is 4.98 Å². The van der Waals surface area contributed by atoms with Crippen LogP contribution in [0.3, 0.4) is 0 Å². The number of hydrogen-bond acceptors (Lipinski definition) is 2. The number of rotatable bonds is 0. The minimum Gasteiger partial charge on any atom is -0.358 e. The van der Waals surface area contributed by atoms with Gasteiger partial charge in [-0.05, 0) is 12.1 Å². The SMILES string of the molecule is N#Cc1cccnc1.[CH3-].[W]. The molecule has 1 aromatic rings. The third-order valence-corrected chi connectivity index (χ3v) is 0.791. The Labute approximate surface area is 75.2 Å². The second kappa shape index (κ2) is 6.45. The molecule has 2 nitrogen and oxygen atoms in total. The Morgan fingerprint density at radius 3 is 2.50 bits per heavy atom. The number of nitriles is 1. The molecule has 0 aromatic carbocycles. The Balaban J connectivity index is 0. The average Bonchev–Trinajstić information content (AvgIpc) is 1.90. The fraction of sp³-hybridized carbons (Fsp3) is 0. The van der Waals surface area contributed by atoms with Crippen LogP contribution in [0, 0.1) is 18.8 Å². The molecule has 0 aliphatic carbocycles. The molecular formula is C7H7N2W-. The van der Waals surface area contributed by atoms with Gasteiger partial charge in [-0.1, -0.05) is 0 Å². The molecular weight excluding hydrogens is 296 g/mol. The molecule has 0 atom stereocenters. The minimum absolute atomic E-state index is 0. The summed E-state index contributed by atoms with van der Waals surface area (Å²) in [5.41, 5.74) is 0.604. The van der Waals surface area contributed by atoms with Gasteiger partial charge in [-0.3, -0.25) is 4.98 Å². The standard InChI is InChI=1S/C6H4N2.CH3.W/c7-4-6-2-1-3-8-5-6;;/h1-3,5H;1H3;/q;-1;. The van der Waals surface area contributed by atoms with Crippen LogP contribution in [-0.2, 0) is 21.1 Å². The topological polar surface area (TPSA) is 36.7 Å². The van der Waals surface area contributed by atoms with Gasteiger partial charge in [0, 0.05) is 33.5 Å². The molecule has 0 radical (unpaired) electrons. The molecule has 0 unspecified atom stereocenters. The van der Waals surface area contributed by atoms with Crippen molar-refractivity contribution in [1.29, 1.82) is 5.26 Å². The van der Waals surface area contributed by atoms with Gasteiger partial charge < -0.3 is 7.43 Å². The predicted octanol–water partition coefficient (Wildman–Crippen LogP) is 1.40. The van der Waals surface area contributed by atoms with Crippen LogP contribution in [0.15, 0.2) is 24.5 Å². The van der Waals surface area contributed by atoms with Gasteiger partial charge in [0.15, 0.2) is 0 Å². The smallest absolute Gasteiger partial charge is 0.101 e. The van der Waals surface area contributed by atoms with Crippen molar-refractivity contribution in [3.05, 3.63) is 37.5 Å². The van der Waals surface area contributed by atoms with Crippen LogP contribution in [0.1, 0.15) is 5.56 Å². The van der Waals surface area contributed by atoms with Crippen LogP contribution in [0.5, 0.6) is 0 Å². The van der Waals surface area contributed by atoms with E-state index in [-0.39, 0.29) is 28.5 Å². The van der Waals surface area contributed by atoms with Crippen LogP contribution in [0.2, 0.25) is 0 Å². The summed E-state index contributed by atoms with van der Waals surface area (Å²) in [4.78, 5) is 3.73. The Morgan fingerprint density at radius 2 is 2.20 bits per heavy atom. The molecule has 0 aliphatic rings. The van der Waals surface area contributed by atoms with Crippen molar-refractivity contribution < 1.29 is 21.1 Å². The number of hydrogen-bond donors (Lipinski definition) is 0. The largest absolute Gasteiger partial charge is 0.358 e. The Kier molecular flexibility index (Phi) is 7.77. The van der Waals surface area contributed by atoms with E-state index in [9.17, 15) is 0 Å². The van der Waals surface area contributed by atoms with E-state index in [0.29, 0.717) is 5.56 Å². The summed E-state index contributed by atoms with van der Waals surface area (Å²) in [6.45, 7) is 0. The maximum atomic E-state index is 8.25. The summed E-state index contributed by atoms with van der Waals surface area (Å²) in [5.74, 6) is 0. The van der Waals surface area contributed by atoms with E-state index in [4.69, 9.17) is 5.26 Å². The maximum Gasteiger partial charge on any atom is 0.101 e. The molecule has 0 fully saturated rings. The molecule has 1 heterocycles. The summed E-state index contributed by atoms with van der Waals surface area (Å²) in [6, 6.07) is 5.41. The van der Waals surface area contributed by atoms with Gasteiger partial charge in [0.05, 0.1) is 5.56 Å². The summed E-state index contributed by atoms with van der Waals surface area (Å²) < 4.78 is 0. The normalized spacial score (nSPS) is 6.30. The fourth-order valence-electron chi connectivity index (χ4n) is 0.429. The number of pyridine rings is 1. The van der Waals surface area contributed by atoms with Gasteiger partial charge in [0.25, 0.3) is 0 Å². The molecule has 0 bridgehead atoms. The molecule has 0 aliphatic heterocycles. The van der Waals surface area contributed by atoms with E-state index in [1.54, 1.807) is 18.3 Å². The summed E-state index contributed by atoms with van der Waals surface area (Å²) in [7, 11) is 0. The zero-order valence-corrected chi connectivity index (χ0v) is 8.55. The van der Waals surface area contributed by atoms with Crippen molar-refractivity contribution >= 4 is 0 Å². The van der Waals surface area contributed by atoms with Crippen molar-refractivity contribution in [1.82, 2.24) is 4.98 Å². The number of nitrogens with zero attached hydrogens (tertiary/aromatic N) is 2. The Morgan fingerprint density at radius 1 is 1.50 bits per heavy atom. The molecule has 1 rings (SSSR count). The predicted molar refractivity (Wildman–Crippen MR) is 35.4 cm³/mol. The molecule has 3 heteroatoms. The van der Waals surface area contributed by atoms with Crippen molar-refractivity contribution in [2.45, 2.75) is 0 Å². The van der Waals surface area contributed by atoms with Crippen LogP contribution >= 0.6 is 0 Å².